The molecule has 18 heavy (non-hydrogen) atoms. The van der Waals surface area contributed by atoms with Crippen LogP contribution in [-0.2, 0) is 6.54 Å². The molecular weight excluding hydrogens is 222 g/mol. The van der Waals surface area contributed by atoms with Gasteiger partial charge in [-0.1, -0.05) is 6.92 Å². The number of aromatic nitrogens is 2. The van der Waals surface area contributed by atoms with Gasteiger partial charge in [0.05, 0.1) is 11.4 Å². The van der Waals surface area contributed by atoms with E-state index in [1.54, 1.807) is 0 Å². The van der Waals surface area contributed by atoms with Gasteiger partial charge in [0, 0.05) is 19.0 Å². The number of hydrogen-bond acceptors (Lipinski definition) is 2. The first-order valence-electron chi connectivity index (χ1n) is 6.94. The summed E-state index contributed by atoms with van der Waals surface area (Å²) in [5.41, 5.74) is 2.38. The Morgan fingerprint density at radius 2 is 2.28 bits per heavy atom. The molecule has 0 fully saturated rings. The van der Waals surface area contributed by atoms with Gasteiger partial charge in [-0.2, -0.15) is 5.10 Å². The summed E-state index contributed by atoms with van der Waals surface area (Å²) in [4.78, 5) is 0. The first-order valence-corrected chi connectivity index (χ1v) is 6.94. The highest BCUT2D eigenvalue weighted by Crippen LogP contribution is 2.20. The third-order valence-electron chi connectivity index (χ3n) is 3.04. The van der Waals surface area contributed by atoms with Crippen molar-refractivity contribution in [3.8, 4) is 12.3 Å². The van der Waals surface area contributed by atoms with E-state index in [0.29, 0.717) is 6.04 Å². The molecule has 0 spiro atoms. The van der Waals surface area contributed by atoms with Crippen LogP contribution >= 0.6 is 0 Å². The first kappa shape index (κ1) is 14.8. The lowest BCUT2D eigenvalue weighted by Crippen LogP contribution is -2.24. The van der Waals surface area contributed by atoms with Crippen molar-refractivity contribution in [2.45, 2.75) is 59.0 Å². The minimum Gasteiger partial charge on any atom is -0.309 e. The number of hydrogen-bond donors (Lipinski definition) is 1. The van der Waals surface area contributed by atoms with Crippen LogP contribution in [0.15, 0.2) is 6.07 Å². The minimum atomic E-state index is 0.374. The van der Waals surface area contributed by atoms with E-state index in [-0.39, 0.29) is 0 Å². The molecule has 100 valence electrons. The Bertz CT molecular complexity index is 387. The Morgan fingerprint density at radius 3 is 2.89 bits per heavy atom. The van der Waals surface area contributed by atoms with Crippen LogP contribution in [0.25, 0.3) is 0 Å². The molecule has 0 bridgehead atoms. The molecule has 0 aliphatic rings. The van der Waals surface area contributed by atoms with Crippen LogP contribution in [0.4, 0.5) is 0 Å². The monoisotopic (exact) mass is 247 g/mol. The summed E-state index contributed by atoms with van der Waals surface area (Å²) in [5.74, 6) is 2.71. The van der Waals surface area contributed by atoms with Crippen molar-refractivity contribution in [1.82, 2.24) is 15.1 Å². The van der Waals surface area contributed by atoms with Gasteiger partial charge < -0.3 is 5.32 Å². The van der Waals surface area contributed by atoms with E-state index >= 15 is 0 Å². The number of rotatable bonds is 8. The number of aryl methyl sites for hydroxylation is 2. The topological polar surface area (TPSA) is 29.9 Å². The standard InChI is InChI=1S/C15H25N3/c1-5-8-9-10-14(16-11-6-2)15-12-13(4)17-18(15)7-3/h1,12,14,16H,6-11H2,2-4H3. The molecule has 0 radical (unpaired) electrons. The summed E-state index contributed by atoms with van der Waals surface area (Å²) in [6.45, 7) is 8.33. The summed E-state index contributed by atoms with van der Waals surface area (Å²) in [6.07, 6.45) is 9.46. The third kappa shape index (κ3) is 4.19. The van der Waals surface area contributed by atoms with Crippen LogP contribution in [0.2, 0.25) is 0 Å². The smallest absolute Gasteiger partial charge is 0.0597 e. The molecule has 0 amide bonds. The van der Waals surface area contributed by atoms with Crippen molar-refractivity contribution in [1.29, 1.82) is 0 Å². The molecule has 3 nitrogen and oxygen atoms in total. The van der Waals surface area contributed by atoms with E-state index in [1.165, 1.54) is 5.69 Å². The Morgan fingerprint density at radius 1 is 1.50 bits per heavy atom. The van der Waals surface area contributed by atoms with E-state index in [9.17, 15) is 0 Å². The number of unbranched alkanes of at least 4 members (excludes halogenated alkanes) is 1. The highest BCUT2D eigenvalue weighted by atomic mass is 15.3. The van der Waals surface area contributed by atoms with Crippen molar-refractivity contribution in [2.75, 3.05) is 6.54 Å². The predicted molar refractivity (Wildman–Crippen MR) is 76.4 cm³/mol. The van der Waals surface area contributed by atoms with Gasteiger partial charge in [-0.25, -0.2) is 0 Å². The summed E-state index contributed by atoms with van der Waals surface area (Å²) in [6, 6.07) is 2.56. The van der Waals surface area contributed by atoms with Gasteiger partial charge in [0.2, 0.25) is 0 Å². The van der Waals surface area contributed by atoms with E-state index in [2.05, 4.69) is 40.9 Å². The normalized spacial score (nSPS) is 12.3. The molecule has 0 aliphatic heterocycles. The zero-order valence-electron chi connectivity index (χ0n) is 11.9. The SMILES string of the molecule is C#CCCCC(NCCC)c1cc(C)nn1CC. The van der Waals surface area contributed by atoms with Crippen molar-refractivity contribution >= 4 is 0 Å². The summed E-state index contributed by atoms with van der Waals surface area (Å²) in [5, 5.41) is 8.13. The van der Waals surface area contributed by atoms with E-state index in [0.717, 1.165) is 44.5 Å². The second-order valence-electron chi connectivity index (χ2n) is 4.63. The maximum absolute atomic E-state index is 5.33. The third-order valence-corrected chi connectivity index (χ3v) is 3.04. The molecular formula is C15H25N3. The second-order valence-corrected chi connectivity index (χ2v) is 4.63. The average molecular weight is 247 g/mol. The van der Waals surface area contributed by atoms with Gasteiger partial charge in [-0.3, -0.25) is 4.68 Å². The van der Waals surface area contributed by atoms with Crippen molar-refractivity contribution in [2.24, 2.45) is 0 Å². The highest BCUT2D eigenvalue weighted by molar-refractivity contribution is 5.13. The molecule has 1 atom stereocenters. The van der Waals surface area contributed by atoms with E-state index in [4.69, 9.17) is 6.42 Å². The molecule has 0 aliphatic carbocycles. The minimum absolute atomic E-state index is 0.374. The summed E-state index contributed by atoms with van der Waals surface area (Å²) >= 11 is 0. The molecule has 0 saturated heterocycles. The van der Waals surface area contributed by atoms with Crippen molar-refractivity contribution in [3.05, 3.63) is 17.5 Å². The average Bonchev–Trinajstić information content (AvgIpc) is 2.75. The van der Waals surface area contributed by atoms with Crippen LogP contribution < -0.4 is 5.32 Å². The van der Waals surface area contributed by atoms with Gasteiger partial charge >= 0.3 is 0 Å². The maximum atomic E-state index is 5.33. The Kier molecular flexibility index (Phi) is 6.53. The van der Waals surface area contributed by atoms with Crippen LogP contribution in [0.3, 0.4) is 0 Å². The van der Waals surface area contributed by atoms with Crippen LogP contribution in [0, 0.1) is 19.3 Å². The number of nitrogens with one attached hydrogen (secondary N) is 1. The molecule has 0 aromatic carbocycles. The fourth-order valence-corrected chi connectivity index (χ4v) is 2.18. The molecule has 1 N–H and O–H groups in total. The van der Waals surface area contributed by atoms with Crippen molar-refractivity contribution < 1.29 is 0 Å². The highest BCUT2D eigenvalue weighted by Gasteiger charge is 2.15. The zero-order valence-corrected chi connectivity index (χ0v) is 11.9. The summed E-state index contributed by atoms with van der Waals surface area (Å²) < 4.78 is 2.10. The molecule has 1 rings (SSSR count). The Balaban J connectivity index is 2.76. The van der Waals surface area contributed by atoms with Gasteiger partial charge in [0.25, 0.3) is 0 Å². The quantitative estimate of drug-likeness (QED) is 0.565. The van der Waals surface area contributed by atoms with Crippen LogP contribution in [-0.4, -0.2) is 16.3 Å². The van der Waals surface area contributed by atoms with E-state index < -0.39 is 0 Å². The summed E-state index contributed by atoms with van der Waals surface area (Å²) in [7, 11) is 0. The largest absolute Gasteiger partial charge is 0.309 e. The molecule has 1 unspecified atom stereocenters. The van der Waals surface area contributed by atoms with Crippen LogP contribution in [0.5, 0.6) is 0 Å². The van der Waals surface area contributed by atoms with Gasteiger partial charge in [0.1, 0.15) is 0 Å². The van der Waals surface area contributed by atoms with Gasteiger partial charge in [-0.15, -0.1) is 12.3 Å². The lowest BCUT2D eigenvalue weighted by Gasteiger charge is -2.19. The molecule has 0 saturated carbocycles. The fraction of sp³-hybridized carbons (Fsp3) is 0.667. The van der Waals surface area contributed by atoms with Crippen molar-refractivity contribution in [3.63, 3.8) is 0 Å². The van der Waals surface area contributed by atoms with Gasteiger partial charge in [0.15, 0.2) is 0 Å². The maximum Gasteiger partial charge on any atom is 0.0597 e. The fourth-order valence-electron chi connectivity index (χ4n) is 2.18. The molecule has 3 heteroatoms. The van der Waals surface area contributed by atoms with Crippen LogP contribution in [0.1, 0.15) is 57.0 Å². The Labute approximate surface area is 111 Å². The number of nitrogens with zero attached hydrogens (tertiary/aromatic N) is 2. The molecule has 1 heterocycles. The predicted octanol–water partition coefficient (Wildman–Crippen LogP) is 3.06. The Hall–Kier alpha value is -1.27. The first-order chi connectivity index (χ1) is 8.72. The lowest BCUT2D eigenvalue weighted by atomic mass is 10.1. The van der Waals surface area contributed by atoms with E-state index in [1.807, 2.05) is 6.92 Å². The second kappa shape index (κ2) is 7.94. The molecule has 1 aromatic rings. The van der Waals surface area contributed by atoms with Gasteiger partial charge in [-0.05, 0) is 45.7 Å². The lowest BCUT2D eigenvalue weighted by molar-refractivity contribution is 0.448. The molecule has 1 aromatic heterocycles. The number of terminal acetylenes is 1. The zero-order chi connectivity index (χ0) is 13.4.